The molecule has 5 nitrogen and oxygen atoms in total. The van der Waals surface area contributed by atoms with Gasteiger partial charge in [0, 0.05) is 53.0 Å². The van der Waals surface area contributed by atoms with Gasteiger partial charge in [-0.25, -0.2) is 8.78 Å². The number of fused-ring (bicyclic) bond motifs is 3. The number of rotatable bonds is 11. The van der Waals surface area contributed by atoms with Gasteiger partial charge >= 0.3 is 6.36 Å². The van der Waals surface area contributed by atoms with Crippen molar-refractivity contribution in [2.24, 2.45) is 0 Å². The first-order valence-corrected chi connectivity index (χ1v) is 12.2. The van der Waals surface area contributed by atoms with Crippen LogP contribution in [0.3, 0.4) is 0 Å². The Hall–Kier alpha value is -2.92. The Morgan fingerprint density at radius 2 is 1.89 bits per heavy atom. The maximum atomic E-state index is 13.6. The van der Waals surface area contributed by atoms with Crippen LogP contribution >= 0.6 is 0 Å². The summed E-state index contributed by atoms with van der Waals surface area (Å²) in [6.45, 7) is 2.14. The van der Waals surface area contributed by atoms with Crippen LogP contribution in [0.2, 0.25) is 0 Å². The number of hydrogen-bond donors (Lipinski definition) is 3. The SMILES string of the molecule is C[C@@H]1Cc2c([nH]c3ccccc23)[C@@H](c2ccc(NCCNCCCF)cc2OC(F)(F)F)N1CC(F)F. The number of halogens is 6. The number of nitrogens with zero attached hydrogens (tertiary/aromatic N) is 1. The molecule has 1 aliphatic rings. The number of H-pyrrole nitrogens is 1. The smallest absolute Gasteiger partial charge is 0.405 e. The van der Waals surface area contributed by atoms with Crippen molar-refractivity contribution in [1.82, 2.24) is 15.2 Å². The van der Waals surface area contributed by atoms with Gasteiger partial charge in [0.25, 0.3) is 6.43 Å². The summed E-state index contributed by atoms with van der Waals surface area (Å²) >= 11 is 0. The lowest BCUT2D eigenvalue weighted by molar-refractivity contribution is -0.275. The van der Waals surface area contributed by atoms with Crippen molar-refractivity contribution in [3.8, 4) is 5.75 Å². The average Bonchev–Trinajstić information content (AvgIpc) is 3.19. The van der Waals surface area contributed by atoms with Crippen LogP contribution in [0.15, 0.2) is 42.5 Å². The van der Waals surface area contributed by atoms with Crippen LogP contribution < -0.4 is 15.4 Å². The third-order valence-electron chi connectivity index (χ3n) is 6.52. The average molecular weight is 529 g/mol. The Kier molecular flexibility index (Phi) is 8.53. The van der Waals surface area contributed by atoms with Crippen molar-refractivity contribution in [3.63, 3.8) is 0 Å². The zero-order valence-corrected chi connectivity index (χ0v) is 20.3. The van der Waals surface area contributed by atoms with E-state index < -0.39 is 37.8 Å². The zero-order chi connectivity index (χ0) is 26.6. The first kappa shape index (κ1) is 27.1. The molecule has 0 amide bonds. The van der Waals surface area contributed by atoms with Gasteiger partial charge in [0.2, 0.25) is 0 Å². The Labute approximate surface area is 211 Å². The lowest BCUT2D eigenvalue weighted by Crippen LogP contribution is -2.45. The molecule has 202 valence electrons. The number of para-hydroxylation sites is 1. The predicted octanol–water partition coefficient (Wildman–Crippen LogP) is 6.03. The predicted molar refractivity (Wildman–Crippen MR) is 131 cm³/mol. The van der Waals surface area contributed by atoms with E-state index in [-0.39, 0.29) is 11.6 Å². The Morgan fingerprint density at radius 1 is 1.11 bits per heavy atom. The molecule has 0 saturated carbocycles. The van der Waals surface area contributed by atoms with Crippen molar-refractivity contribution in [1.29, 1.82) is 0 Å². The maximum Gasteiger partial charge on any atom is 0.573 e. The van der Waals surface area contributed by atoms with Gasteiger partial charge in [-0.05, 0) is 44.0 Å². The van der Waals surface area contributed by atoms with Crippen LogP contribution in [-0.4, -0.2) is 61.6 Å². The highest BCUT2D eigenvalue weighted by atomic mass is 19.4. The molecule has 2 aromatic carbocycles. The monoisotopic (exact) mass is 528 g/mol. The molecule has 0 unspecified atom stereocenters. The summed E-state index contributed by atoms with van der Waals surface area (Å²) in [5.41, 5.74) is 2.81. The molecule has 2 heterocycles. The van der Waals surface area contributed by atoms with Gasteiger partial charge in [0.15, 0.2) is 0 Å². The van der Waals surface area contributed by atoms with Crippen LogP contribution in [0, 0.1) is 0 Å². The number of nitrogens with one attached hydrogen (secondary N) is 3. The largest absolute Gasteiger partial charge is 0.573 e. The lowest BCUT2D eigenvalue weighted by atomic mass is 9.88. The van der Waals surface area contributed by atoms with E-state index in [1.165, 1.54) is 17.0 Å². The molecule has 11 heteroatoms. The summed E-state index contributed by atoms with van der Waals surface area (Å²) < 4.78 is 84.3. The van der Waals surface area contributed by atoms with Crippen LogP contribution in [0.4, 0.5) is 32.0 Å². The Balaban J connectivity index is 1.73. The molecule has 1 aromatic heterocycles. The minimum absolute atomic E-state index is 0.143. The second kappa shape index (κ2) is 11.6. The molecular weight excluding hydrogens is 498 g/mol. The summed E-state index contributed by atoms with van der Waals surface area (Å²) in [5, 5.41) is 6.97. The summed E-state index contributed by atoms with van der Waals surface area (Å²) in [4.78, 5) is 4.81. The van der Waals surface area contributed by atoms with Gasteiger partial charge < -0.3 is 20.4 Å². The third kappa shape index (κ3) is 6.51. The number of aromatic nitrogens is 1. The number of anilines is 1. The topological polar surface area (TPSA) is 52.3 Å². The molecular formula is C26H30F6N4O. The van der Waals surface area contributed by atoms with Crippen molar-refractivity contribution in [3.05, 3.63) is 59.3 Å². The molecule has 1 aliphatic heterocycles. The third-order valence-corrected chi connectivity index (χ3v) is 6.52. The molecule has 2 atom stereocenters. The molecule has 3 aromatic rings. The Bertz CT molecular complexity index is 1180. The Morgan fingerprint density at radius 3 is 2.62 bits per heavy atom. The molecule has 3 N–H and O–H groups in total. The van der Waals surface area contributed by atoms with E-state index in [1.807, 2.05) is 24.3 Å². The number of alkyl halides is 6. The fraction of sp³-hybridized carbons (Fsp3) is 0.462. The van der Waals surface area contributed by atoms with Crippen LogP contribution in [0.1, 0.15) is 36.2 Å². The van der Waals surface area contributed by atoms with Gasteiger partial charge in [-0.1, -0.05) is 24.3 Å². The molecule has 0 radical (unpaired) electrons. The summed E-state index contributed by atoms with van der Waals surface area (Å²) in [6, 6.07) is 10.6. The number of aromatic amines is 1. The normalized spacial score (nSPS) is 18.4. The quantitative estimate of drug-likeness (QED) is 0.210. The van der Waals surface area contributed by atoms with Crippen molar-refractivity contribution in [2.75, 3.05) is 38.2 Å². The van der Waals surface area contributed by atoms with Crippen molar-refractivity contribution in [2.45, 2.75) is 44.6 Å². The van der Waals surface area contributed by atoms with E-state index >= 15 is 0 Å². The first-order valence-electron chi connectivity index (χ1n) is 12.2. The molecule has 0 fully saturated rings. The standard InChI is InChI=1S/C26H30F6N4O/c1-16-13-20-18-5-2-3-6-21(18)35-24(20)25(36(16)15-23(28)29)19-8-7-17(14-22(19)37-26(30,31)32)34-12-11-33-10-4-9-27/h2-3,5-8,14,16,23,25,33-35H,4,9-13,15H2,1H3/t16-,25-/m1/s1. The van der Waals surface area contributed by atoms with E-state index in [1.54, 1.807) is 13.0 Å². The highest BCUT2D eigenvalue weighted by Crippen LogP contribution is 2.45. The maximum absolute atomic E-state index is 13.6. The summed E-state index contributed by atoms with van der Waals surface area (Å²) in [7, 11) is 0. The van der Waals surface area contributed by atoms with Crippen LogP contribution in [-0.2, 0) is 6.42 Å². The minimum atomic E-state index is -4.97. The molecule has 0 aliphatic carbocycles. The van der Waals surface area contributed by atoms with Gasteiger partial charge in [-0.3, -0.25) is 9.29 Å². The van der Waals surface area contributed by atoms with E-state index in [0.717, 1.165) is 16.5 Å². The van der Waals surface area contributed by atoms with Crippen LogP contribution in [0.25, 0.3) is 10.9 Å². The zero-order valence-electron chi connectivity index (χ0n) is 20.3. The van der Waals surface area contributed by atoms with Crippen molar-refractivity contribution < 1.29 is 31.1 Å². The van der Waals surface area contributed by atoms with Gasteiger partial charge in [-0.2, -0.15) is 0 Å². The lowest BCUT2D eigenvalue weighted by Gasteiger charge is -2.41. The number of hydrogen-bond acceptors (Lipinski definition) is 4. The minimum Gasteiger partial charge on any atom is -0.405 e. The van der Waals surface area contributed by atoms with Gasteiger partial charge in [0.05, 0.1) is 19.3 Å². The number of ether oxygens (including phenoxy) is 1. The van der Waals surface area contributed by atoms with E-state index in [2.05, 4.69) is 20.4 Å². The molecule has 0 bridgehead atoms. The highest BCUT2D eigenvalue weighted by molar-refractivity contribution is 5.85. The fourth-order valence-corrected chi connectivity index (χ4v) is 4.98. The fourth-order valence-electron chi connectivity index (χ4n) is 4.98. The van der Waals surface area contributed by atoms with E-state index in [0.29, 0.717) is 43.9 Å². The molecule has 37 heavy (non-hydrogen) atoms. The molecule has 0 spiro atoms. The molecule has 0 saturated heterocycles. The first-order chi connectivity index (χ1) is 17.7. The van der Waals surface area contributed by atoms with Gasteiger partial charge in [-0.15, -0.1) is 13.2 Å². The molecule has 4 rings (SSSR count). The summed E-state index contributed by atoms with van der Waals surface area (Å²) in [6.07, 6.45) is -6.79. The second-order valence-corrected chi connectivity index (χ2v) is 9.13. The van der Waals surface area contributed by atoms with E-state index in [4.69, 9.17) is 0 Å². The van der Waals surface area contributed by atoms with Gasteiger partial charge in [0.1, 0.15) is 5.75 Å². The second-order valence-electron chi connectivity index (χ2n) is 9.13. The summed E-state index contributed by atoms with van der Waals surface area (Å²) in [5.74, 6) is -0.453. The van der Waals surface area contributed by atoms with Crippen LogP contribution in [0.5, 0.6) is 5.75 Å². The van der Waals surface area contributed by atoms with E-state index in [9.17, 15) is 26.3 Å². The highest BCUT2D eigenvalue weighted by Gasteiger charge is 2.40. The number of benzene rings is 2. The van der Waals surface area contributed by atoms with Crippen molar-refractivity contribution >= 4 is 16.6 Å².